The van der Waals surface area contributed by atoms with Gasteiger partial charge < -0.3 is 5.11 Å². The van der Waals surface area contributed by atoms with E-state index in [1.807, 2.05) is 36.4 Å². The first kappa shape index (κ1) is 14.8. The summed E-state index contributed by atoms with van der Waals surface area (Å²) in [5.74, 6) is 0. The SMILES string of the molecule is C=CC[C@](O)(/C=C/c1ccccc1)c1ccc(C#N)cc1. The molecule has 0 aromatic heterocycles. The van der Waals surface area contributed by atoms with E-state index in [-0.39, 0.29) is 0 Å². The fourth-order valence-corrected chi connectivity index (χ4v) is 2.13. The Morgan fingerprint density at radius 2 is 1.76 bits per heavy atom. The number of nitrogens with zero attached hydrogens (tertiary/aromatic N) is 1. The molecule has 0 saturated heterocycles. The van der Waals surface area contributed by atoms with Gasteiger partial charge in [0.25, 0.3) is 0 Å². The zero-order chi connectivity index (χ0) is 15.1. The highest BCUT2D eigenvalue weighted by Gasteiger charge is 2.24. The van der Waals surface area contributed by atoms with Gasteiger partial charge in [0.15, 0.2) is 0 Å². The van der Waals surface area contributed by atoms with E-state index in [1.165, 1.54) is 0 Å². The number of hydrogen-bond acceptors (Lipinski definition) is 2. The molecule has 2 nitrogen and oxygen atoms in total. The van der Waals surface area contributed by atoms with Crippen molar-refractivity contribution in [3.63, 3.8) is 0 Å². The van der Waals surface area contributed by atoms with Crippen LogP contribution in [0.15, 0.2) is 73.3 Å². The van der Waals surface area contributed by atoms with Gasteiger partial charge in [-0.3, -0.25) is 0 Å². The predicted molar refractivity (Wildman–Crippen MR) is 85.3 cm³/mol. The minimum absolute atomic E-state index is 0.405. The molecular weight excluding hydrogens is 258 g/mol. The minimum Gasteiger partial charge on any atom is -0.381 e. The molecule has 0 unspecified atom stereocenters. The van der Waals surface area contributed by atoms with Crippen LogP contribution in [0.2, 0.25) is 0 Å². The second-order valence-electron chi connectivity index (χ2n) is 4.85. The van der Waals surface area contributed by atoms with Crippen molar-refractivity contribution in [1.82, 2.24) is 0 Å². The van der Waals surface area contributed by atoms with Crippen LogP contribution in [0.25, 0.3) is 6.08 Å². The van der Waals surface area contributed by atoms with Crippen LogP contribution in [-0.2, 0) is 5.60 Å². The van der Waals surface area contributed by atoms with Crippen LogP contribution < -0.4 is 0 Å². The van der Waals surface area contributed by atoms with Gasteiger partial charge in [-0.1, -0.05) is 54.6 Å². The Bertz CT molecular complexity index is 665. The third kappa shape index (κ3) is 3.68. The van der Waals surface area contributed by atoms with E-state index in [4.69, 9.17) is 5.26 Å². The van der Waals surface area contributed by atoms with Crippen LogP contribution in [0.5, 0.6) is 0 Å². The number of hydrogen-bond donors (Lipinski definition) is 1. The first-order valence-corrected chi connectivity index (χ1v) is 6.76. The molecule has 0 bridgehead atoms. The minimum atomic E-state index is -1.12. The molecule has 2 aromatic rings. The van der Waals surface area contributed by atoms with Gasteiger partial charge in [-0.2, -0.15) is 5.26 Å². The van der Waals surface area contributed by atoms with Gasteiger partial charge in [0, 0.05) is 6.42 Å². The lowest BCUT2D eigenvalue weighted by Gasteiger charge is -2.24. The molecular formula is C19H17NO. The summed E-state index contributed by atoms with van der Waals surface area (Å²) in [6.07, 6.45) is 5.75. The van der Waals surface area contributed by atoms with Crippen molar-refractivity contribution in [3.8, 4) is 6.07 Å². The van der Waals surface area contributed by atoms with E-state index < -0.39 is 5.60 Å². The molecule has 0 aliphatic heterocycles. The van der Waals surface area contributed by atoms with Gasteiger partial charge in [-0.15, -0.1) is 6.58 Å². The van der Waals surface area contributed by atoms with Crippen molar-refractivity contribution in [2.45, 2.75) is 12.0 Å². The standard InChI is InChI=1S/C19H17NO/c1-2-13-19(21,14-12-16-6-4-3-5-7-16)18-10-8-17(15-20)9-11-18/h2-12,14,21H,1,13H2/b14-12+/t19-/m0/s1. The molecule has 0 aliphatic carbocycles. The lowest BCUT2D eigenvalue weighted by molar-refractivity contribution is 0.0938. The smallest absolute Gasteiger partial charge is 0.111 e. The highest BCUT2D eigenvalue weighted by molar-refractivity contribution is 5.52. The van der Waals surface area contributed by atoms with Gasteiger partial charge >= 0.3 is 0 Å². The first-order valence-electron chi connectivity index (χ1n) is 6.76. The topological polar surface area (TPSA) is 44.0 Å². The normalized spacial score (nSPS) is 13.5. The van der Waals surface area contributed by atoms with Crippen LogP contribution >= 0.6 is 0 Å². The summed E-state index contributed by atoms with van der Waals surface area (Å²) in [5.41, 5.74) is 1.22. The van der Waals surface area contributed by atoms with Crippen molar-refractivity contribution in [1.29, 1.82) is 5.26 Å². The summed E-state index contributed by atoms with van der Waals surface area (Å²) in [6.45, 7) is 3.71. The third-order valence-electron chi connectivity index (χ3n) is 3.32. The Hall–Kier alpha value is -2.63. The van der Waals surface area contributed by atoms with E-state index in [2.05, 4.69) is 12.6 Å². The monoisotopic (exact) mass is 275 g/mol. The van der Waals surface area contributed by atoms with E-state index in [0.29, 0.717) is 12.0 Å². The fourth-order valence-electron chi connectivity index (χ4n) is 2.13. The molecule has 104 valence electrons. The maximum Gasteiger partial charge on any atom is 0.111 e. The first-order chi connectivity index (χ1) is 10.2. The zero-order valence-corrected chi connectivity index (χ0v) is 11.7. The van der Waals surface area contributed by atoms with Crippen LogP contribution in [0.1, 0.15) is 23.1 Å². The highest BCUT2D eigenvalue weighted by Crippen LogP contribution is 2.28. The van der Waals surface area contributed by atoms with E-state index >= 15 is 0 Å². The molecule has 2 rings (SSSR count). The average Bonchev–Trinajstić information content (AvgIpc) is 2.54. The van der Waals surface area contributed by atoms with Crippen molar-refractivity contribution in [3.05, 3.63) is 90.0 Å². The van der Waals surface area contributed by atoms with Gasteiger partial charge in [0.2, 0.25) is 0 Å². The van der Waals surface area contributed by atoms with Crippen LogP contribution in [0, 0.1) is 11.3 Å². The van der Waals surface area contributed by atoms with Gasteiger partial charge in [0.1, 0.15) is 5.60 Å². The summed E-state index contributed by atoms with van der Waals surface area (Å²) in [4.78, 5) is 0. The number of aliphatic hydroxyl groups is 1. The molecule has 0 radical (unpaired) electrons. The van der Waals surface area contributed by atoms with Gasteiger partial charge in [0.05, 0.1) is 11.6 Å². The van der Waals surface area contributed by atoms with Crippen molar-refractivity contribution in [2.24, 2.45) is 0 Å². The largest absolute Gasteiger partial charge is 0.381 e. The summed E-state index contributed by atoms with van der Waals surface area (Å²) in [5, 5.41) is 19.7. The molecule has 2 heteroatoms. The summed E-state index contributed by atoms with van der Waals surface area (Å²) in [7, 11) is 0. The number of nitriles is 1. The van der Waals surface area contributed by atoms with Crippen LogP contribution in [-0.4, -0.2) is 5.11 Å². The van der Waals surface area contributed by atoms with E-state index in [1.54, 1.807) is 36.4 Å². The van der Waals surface area contributed by atoms with Gasteiger partial charge in [-0.25, -0.2) is 0 Å². The Morgan fingerprint density at radius 1 is 1.10 bits per heavy atom. The molecule has 0 aliphatic rings. The maximum absolute atomic E-state index is 10.9. The Balaban J connectivity index is 2.33. The summed E-state index contributed by atoms with van der Waals surface area (Å²) < 4.78 is 0. The fraction of sp³-hybridized carbons (Fsp3) is 0.105. The Labute approximate surface area is 125 Å². The highest BCUT2D eigenvalue weighted by atomic mass is 16.3. The second-order valence-corrected chi connectivity index (χ2v) is 4.85. The maximum atomic E-state index is 10.9. The molecule has 0 fully saturated rings. The summed E-state index contributed by atoms with van der Waals surface area (Å²) >= 11 is 0. The second kappa shape index (κ2) is 6.69. The Kier molecular flexibility index (Phi) is 4.71. The molecule has 0 spiro atoms. The molecule has 0 heterocycles. The van der Waals surface area contributed by atoms with E-state index in [9.17, 15) is 5.11 Å². The molecule has 2 aromatic carbocycles. The molecule has 0 saturated carbocycles. The molecule has 1 N–H and O–H groups in total. The third-order valence-corrected chi connectivity index (χ3v) is 3.32. The summed E-state index contributed by atoms with van der Waals surface area (Å²) in [6, 6.07) is 18.9. The van der Waals surface area contributed by atoms with Crippen molar-refractivity contribution < 1.29 is 5.11 Å². The van der Waals surface area contributed by atoms with Crippen LogP contribution in [0.3, 0.4) is 0 Å². The van der Waals surface area contributed by atoms with E-state index in [0.717, 1.165) is 11.1 Å². The molecule has 21 heavy (non-hydrogen) atoms. The quantitative estimate of drug-likeness (QED) is 0.837. The average molecular weight is 275 g/mol. The lowest BCUT2D eigenvalue weighted by atomic mass is 9.89. The Morgan fingerprint density at radius 3 is 2.33 bits per heavy atom. The predicted octanol–water partition coefficient (Wildman–Crippen LogP) is 4.04. The number of rotatable bonds is 5. The van der Waals surface area contributed by atoms with Crippen molar-refractivity contribution in [2.75, 3.05) is 0 Å². The molecule has 0 amide bonds. The lowest BCUT2D eigenvalue weighted by Crippen LogP contribution is -2.21. The molecule has 1 atom stereocenters. The van der Waals surface area contributed by atoms with Crippen molar-refractivity contribution >= 4 is 6.08 Å². The van der Waals surface area contributed by atoms with Crippen LogP contribution in [0.4, 0.5) is 0 Å². The van der Waals surface area contributed by atoms with Gasteiger partial charge in [-0.05, 0) is 29.3 Å². The zero-order valence-electron chi connectivity index (χ0n) is 11.7. The number of benzene rings is 2.